The van der Waals surface area contributed by atoms with Gasteiger partial charge in [-0.25, -0.2) is 4.98 Å². The number of aromatic nitrogens is 3. The van der Waals surface area contributed by atoms with E-state index in [0.29, 0.717) is 12.5 Å². The molecule has 0 radical (unpaired) electrons. The summed E-state index contributed by atoms with van der Waals surface area (Å²) in [4.78, 5) is 30.2. The van der Waals surface area contributed by atoms with Crippen LogP contribution in [0.5, 0.6) is 0 Å². The molecule has 1 atom stereocenters. The Morgan fingerprint density at radius 2 is 2.00 bits per heavy atom. The molecule has 2 fully saturated rings. The zero-order chi connectivity index (χ0) is 20.1. The molecule has 29 heavy (non-hydrogen) atoms. The topological polar surface area (TPSA) is 74.2 Å². The number of hydrogen-bond donors (Lipinski definition) is 1. The van der Waals surface area contributed by atoms with Gasteiger partial charge in [0, 0.05) is 55.0 Å². The molecule has 2 saturated heterocycles. The lowest BCUT2D eigenvalue weighted by Crippen LogP contribution is -2.45. The lowest BCUT2D eigenvalue weighted by atomic mass is 9.93. The molecule has 0 bridgehead atoms. The summed E-state index contributed by atoms with van der Waals surface area (Å²) in [7, 11) is 0. The number of rotatable bonds is 5. The minimum atomic E-state index is 0.285. The van der Waals surface area contributed by atoms with Gasteiger partial charge in [-0.1, -0.05) is 0 Å². The fraction of sp³-hybridized carbons (Fsp3) is 0.545. The van der Waals surface area contributed by atoms with Crippen LogP contribution >= 0.6 is 0 Å². The highest BCUT2D eigenvalue weighted by Gasteiger charge is 2.26. The molecule has 2 aliphatic rings. The minimum absolute atomic E-state index is 0.285. The van der Waals surface area contributed by atoms with Crippen molar-refractivity contribution in [3.8, 4) is 0 Å². The lowest BCUT2D eigenvalue weighted by molar-refractivity contribution is -0.133. The van der Waals surface area contributed by atoms with Gasteiger partial charge in [0.05, 0.1) is 12.7 Å². The number of nitrogens with zero attached hydrogens (tertiary/aromatic N) is 5. The van der Waals surface area contributed by atoms with Crippen molar-refractivity contribution in [2.24, 2.45) is 0 Å². The maximum atomic E-state index is 12.7. The molecule has 2 aromatic rings. The van der Waals surface area contributed by atoms with Crippen molar-refractivity contribution in [3.05, 3.63) is 42.1 Å². The number of carbonyl (C=O) groups is 1. The number of hydrogen-bond acceptors (Lipinski definition) is 6. The van der Waals surface area contributed by atoms with Crippen molar-refractivity contribution in [1.82, 2.24) is 24.8 Å². The summed E-state index contributed by atoms with van der Waals surface area (Å²) in [6.45, 7) is 6.28. The highest BCUT2D eigenvalue weighted by atomic mass is 16.2. The Bertz CT molecular complexity index is 821. The standard InChI is InChI=1S/C22H30N6O/c1-17-12-19(26-21-14-23-7-8-24-21)13-20(25-17)18-6-5-9-27(15-18)16-22(29)28-10-3-2-4-11-28/h7-8,12-14,18H,2-6,9-11,15-16H2,1H3,(H,24,25,26). The van der Waals surface area contributed by atoms with E-state index in [-0.39, 0.29) is 5.91 Å². The molecule has 1 unspecified atom stereocenters. The Hall–Kier alpha value is -2.54. The molecule has 4 heterocycles. The van der Waals surface area contributed by atoms with Crippen LogP contribution in [0, 0.1) is 6.92 Å². The van der Waals surface area contributed by atoms with Crippen LogP contribution in [0.3, 0.4) is 0 Å². The van der Waals surface area contributed by atoms with Crippen LogP contribution in [0.1, 0.15) is 49.4 Å². The summed E-state index contributed by atoms with van der Waals surface area (Å²) in [6, 6.07) is 4.14. The highest BCUT2D eigenvalue weighted by molar-refractivity contribution is 5.78. The van der Waals surface area contributed by atoms with Gasteiger partial charge >= 0.3 is 0 Å². The Kier molecular flexibility index (Phi) is 6.34. The summed E-state index contributed by atoms with van der Waals surface area (Å²) < 4.78 is 0. The molecular formula is C22H30N6O. The van der Waals surface area contributed by atoms with Crippen LogP contribution < -0.4 is 5.32 Å². The first-order valence-electron chi connectivity index (χ1n) is 10.7. The number of anilines is 2. The summed E-state index contributed by atoms with van der Waals surface area (Å²) in [5.74, 6) is 1.36. The Morgan fingerprint density at radius 3 is 2.79 bits per heavy atom. The van der Waals surface area contributed by atoms with E-state index in [4.69, 9.17) is 4.98 Å². The second-order valence-electron chi connectivity index (χ2n) is 8.15. The van der Waals surface area contributed by atoms with Crippen LogP contribution in [0.15, 0.2) is 30.7 Å². The maximum Gasteiger partial charge on any atom is 0.236 e. The normalized spacial score (nSPS) is 20.4. The van der Waals surface area contributed by atoms with Crippen molar-refractivity contribution in [1.29, 1.82) is 0 Å². The summed E-state index contributed by atoms with van der Waals surface area (Å²) >= 11 is 0. The number of amides is 1. The van der Waals surface area contributed by atoms with Crippen molar-refractivity contribution < 1.29 is 4.79 Å². The van der Waals surface area contributed by atoms with Gasteiger partial charge in [0.1, 0.15) is 5.82 Å². The first-order chi connectivity index (χ1) is 14.2. The molecule has 0 saturated carbocycles. The Morgan fingerprint density at radius 1 is 1.14 bits per heavy atom. The van der Waals surface area contributed by atoms with Crippen molar-refractivity contribution in [3.63, 3.8) is 0 Å². The van der Waals surface area contributed by atoms with Crippen molar-refractivity contribution in [2.45, 2.75) is 44.9 Å². The molecular weight excluding hydrogens is 364 g/mol. The van der Waals surface area contributed by atoms with Crippen LogP contribution in [-0.4, -0.2) is 63.4 Å². The van der Waals surface area contributed by atoms with Crippen LogP contribution in [0.2, 0.25) is 0 Å². The smallest absolute Gasteiger partial charge is 0.236 e. The summed E-state index contributed by atoms with van der Waals surface area (Å²) in [5, 5.41) is 3.32. The van der Waals surface area contributed by atoms with E-state index in [9.17, 15) is 4.79 Å². The molecule has 154 valence electrons. The minimum Gasteiger partial charge on any atom is -0.342 e. The van der Waals surface area contributed by atoms with Gasteiger partial charge in [-0.15, -0.1) is 0 Å². The molecule has 0 aliphatic carbocycles. The Labute approximate surface area is 172 Å². The molecule has 2 aliphatic heterocycles. The second kappa shape index (κ2) is 9.31. The summed E-state index contributed by atoms with van der Waals surface area (Å²) in [6.07, 6.45) is 10.8. The van der Waals surface area contributed by atoms with Crippen molar-refractivity contribution >= 4 is 17.4 Å². The molecule has 0 aromatic carbocycles. The predicted octanol–water partition coefficient (Wildman–Crippen LogP) is 3.12. The van der Waals surface area contributed by atoms with Crippen LogP contribution in [-0.2, 0) is 4.79 Å². The third-order valence-electron chi connectivity index (χ3n) is 5.80. The molecule has 0 spiro atoms. The molecule has 1 amide bonds. The van der Waals surface area contributed by atoms with Gasteiger partial charge in [-0.05, 0) is 57.7 Å². The number of nitrogens with one attached hydrogen (secondary N) is 1. The fourth-order valence-corrected chi connectivity index (χ4v) is 4.36. The largest absolute Gasteiger partial charge is 0.342 e. The average Bonchev–Trinajstić information content (AvgIpc) is 2.75. The second-order valence-corrected chi connectivity index (χ2v) is 8.15. The number of aryl methyl sites for hydroxylation is 1. The quantitative estimate of drug-likeness (QED) is 0.840. The monoisotopic (exact) mass is 394 g/mol. The summed E-state index contributed by atoms with van der Waals surface area (Å²) in [5.41, 5.74) is 3.05. The number of pyridine rings is 1. The van der Waals surface area contributed by atoms with Crippen LogP contribution in [0.25, 0.3) is 0 Å². The van der Waals surface area contributed by atoms with E-state index in [1.165, 1.54) is 6.42 Å². The number of likely N-dealkylation sites (tertiary alicyclic amines) is 2. The van der Waals surface area contributed by atoms with E-state index in [1.54, 1.807) is 18.6 Å². The van der Waals surface area contributed by atoms with Gasteiger partial charge in [0.2, 0.25) is 5.91 Å². The maximum absolute atomic E-state index is 12.7. The van der Waals surface area contributed by atoms with E-state index < -0.39 is 0 Å². The van der Waals surface area contributed by atoms with Gasteiger partial charge in [0.25, 0.3) is 0 Å². The molecule has 1 N–H and O–H groups in total. The zero-order valence-corrected chi connectivity index (χ0v) is 17.2. The van der Waals surface area contributed by atoms with Gasteiger partial charge in [0.15, 0.2) is 0 Å². The van der Waals surface area contributed by atoms with Gasteiger partial charge in [-0.3, -0.25) is 19.7 Å². The third-order valence-corrected chi connectivity index (χ3v) is 5.80. The predicted molar refractivity (Wildman–Crippen MR) is 113 cm³/mol. The first kappa shape index (κ1) is 19.8. The lowest BCUT2D eigenvalue weighted by Gasteiger charge is -2.34. The fourth-order valence-electron chi connectivity index (χ4n) is 4.36. The Balaban J connectivity index is 1.41. The van der Waals surface area contributed by atoms with Gasteiger partial charge in [-0.2, -0.15) is 0 Å². The van der Waals surface area contributed by atoms with Crippen LogP contribution in [0.4, 0.5) is 11.5 Å². The number of piperidine rings is 2. The average molecular weight is 395 g/mol. The highest BCUT2D eigenvalue weighted by Crippen LogP contribution is 2.28. The van der Waals surface area contributed by atoms with Gasteiger partial charge < -0.3 is 10.2 Å². The van der Waals surface area contributed by atoms with E-state index in [0.717, 1.165) is 74.8 Å². The first-order valence-corrected chi connectivity index (χ1v) is 10.7. The third kappa shape index (κ3) is 5.29. The van der Waals surface area contributed by atoms with Crippen molar-refractivity contribution in [2.75, 3.05) is 38.0 Å². The molecule has 4 rings (SSSR count). The SMILES string of the molecule is Cc1cc(Nc2cnccn2)cc(C2CCCN(CC(=O)N3CCCCC3)C2)n1. The molecule has 7 heteroatoms. The van der Waals surface area contributed by atoms with E-state index in [2.05, 4.69) is 26.3 Å². The van der Waals surface area contributed by atoms with E-state index >= 15 is 0 Å². The van der Waals surface area contributed by atoms with E-state index in [1.807, 2.05) is 17.9 Å². The molecule has 2 aromatic heterocycles. The zero-order valence-electron chi connectivity index (χ0n) is 17.2. The number of carbonyl (C=O) groups excluding carboxylic acids is 1. The molecule has 7 nitrogen and oxygen atoms in total.